The SMILES string of the molecule is NC(=O)CC(C(=O)O)S(=O)(=O)c1cc(Cl)c(N)c(Cl)c1. The van der Waals surface area contributed by atoms with Crippen LogP contribution in [0.4, 0.5) is 5.69 Å². The fourth-order valence-corrected chi connectivity index (χ4v) is 3.56. The van der Waals surface area contributed by atoms with Crippen LogP contribution < -0.4 is 11.5 Å². The summed E-state index contributed by atoms with van der Waals surface area (Å²) in [5, 5.41) is 6.64. The Hall–Kier alpha value is -1.51. The third-order valence-corrected chi connectivity index (χ3v) is 5.05. The van der Waals surface area contributed by atoms with Crippen LogP contribution in [0.1, 0.15) is 6.42 Å². The van der Waals surface area contributed by atoms with Gasteiger partial charge >= 0.3 is 5.97 Å². The maximum Gasteiger partial charge on any atom is 0.322 e. The molecule has 0 saturated carbocycles. The third kappa shape index (κ3) is 3.33. The Morgan fingerprint density at radius 1 is 1.25 bits per heavy atom. The van der Waals surface area contributed by atoms with E-state index in [2.05, 4.69) is 0 Å². The zero-order chi connectivity index (χ0) is 15.7. The summed E-state index contributed by atoms with van der Waals surface area (Å²) < 4.78 is 24.4. The lowest BCUT2D eigenvalue weighted by Crippen LogP contribution is -2.34. The average molecular weight is 341 g/mol. The number of primary amides is 1. The molecule has 0 aliphatic rings. The zero-order valence-corrected chi connectivity index (χ0v) is 12.2. The lowest BCUT2D eigenvalue weighted by atomic mass is 10.3. The highest BCUT2D eigenvalue weighted by atomic mass is 35.5. The Labute approximate surface area is 124 Å². The number of carboxylic acid groups (broad SMARTS) is 1. The molecule has 0 spiro atoms. The number of benzene rings is 1. The number of aliphatic carboxylic acids is 1. The summed E-state index contributed by atoms with van der Waals surface area (Å²) in [6.07, 6.45) is -0.864. The van der Waals surface area contributed by atoms with E-state index in [9.17, 15) is 18.0 Å². The van der Waals surface area contributed by atoms with Crippen molar-refractivity contribution in [2.45, 2.75) is 16.6 Å². The normalized spacial score (nSPS) is 12.9. The van der Waals surface area contributed by atoms with Gasteiger partial charge in [0.2, 0.25) is 5.91 Å². The van der Waals surface area contributed by atoms with E-state index < -0.39 is 38.3 Å². The van der Waals surface area contributed by atoms with Crippen LogP contribution >= 0.6 is 23.2 Å². The van der Waals surface area contributed by atoms with E-state index in [-0.39, 0.29) is 15.7 Å². The van der Waals surface area contributed by atoms with Gasteiger partial charge in [0.1, 0.15) is 0 Å². The molecule has 1 unspecified atom stereocenters. The maximum absolute atomic E-state index is 12.2. The first-order chi connectivity index (χ1) is 9.07. The quantitative estimate of drug-likeness (QED) is 0.673. The number of hydrogen-bond donors (Lipinski definition) is 3. The minimum atomic E-state index is -4.38. The van der Waals surface area contributed by atoms with Crippen LogP contribution in [0.2, 0.25) is 10.0 Å². The number of amides is 1. The predicted octanol–water partition coefficient (Wildman–Crippen LogP) is 0.678. The zero-order valence-electron chi connectivity index (χ0n) is 9.84. The van der Waals surface area contributed by atoms with Crippen LogP contribution in [-0.2, 0) is 19.4 Å². The Morgan fingerprint density at radius 2 is 1.70 bits per heavy atom. The number of nitrogen functional groups attached to an aromatic ring is 1. The monoisotopic (exact) mass is 340 g/mol. The molecule has 1 atom stereocenters. The number of halogens is 2. The van der Waals surface area contributed by atoms with E-state index in [4.69, 9.17) is 39.8 Å². The van der Waals surface area contributed by atoms with E-state index in [1.165, 1.54) is 0 Å². The molecule has 1 aromatic rings. The Kier molecular flexibility index (Phi) is 4.85. The van der Waals surface area contributed by atoms with E-state index in [1.54, 1.807) is 0 Å². The Morgan fingerprint density at radius 3 is 2.05 bits per heavy atom. The van der Waals surface area contributed by atoms with Crippen LogP contribution in [0.15, 0.2) is 17.0 Å². The minimum Gasteiger partial charge on any atom is -0.480 e. The van der Waals surface area contributed by atoms with Gasteiger partial charge in [0.05, 0.1) is 27.0 Å². The molecule has 0 bridgehead atoms. The molecule has 0 aliphatic carbocycles. The standard InChI is InChI=1S/C10H10Cl2N2O5S/c11-5-1-4(2-6(12)9(5)14)20(18,19)7(10(16)17)3-8(13)15/h1-2,7H,3,14H2,(H2,13,15)(H,16,17). The number of sulfone groups is 1. The Balaban J connectivity index is 3.41. The average Bonchev–Trinajstić information content (AvgIpc) is 2.31. The van der Waals surface area contributed by atoms with Crippen LogP contribution in [0.5, 0.6) is 0 Å². The van der Waals surface area contributed by atoms with Crippen molar-refractivity contribution in [1.82, 2.24) is 0 Å². The first kappa shape index (κ1) is 16.5. The molecule has 0 fully saturated rings. The molecule has 1 amide bonds. The molecule has 10 heteroatoms. The second-order valence-electron chi connectivity index (χ2n) is 3.84. The van der Waals surface area contributed by atoms with Crippen molar-refractivity contribution in [3.8, 4) is 0 Å². The highest BCUT2D eigenvalue weighted by Crippen LogP contribution is 2.32. The van der Waals surface area contributed by atoms with Gasteiger partial charge < -0.3 is 16.6 Å². The molecule has 20 heavy (non-hydrogen) atoms. The fourth-order valence-electron chi connectivity index (χ4n) is 1.40. The van der Waals surface area contributed by atoms with Crippen molar-refractivity contribution < 1.29 is 23.1 Å². The summed E-state index contributed by atoms with van der Waals surface area (Å²) in [6, 6.07) is 1.93. The van der Waals surface area contributed by atoms with Crippen LogP contribution in [0, 0.1) is 0 Å². The van der Waals surface area contributed by atoms with E-state index in [0.717, 1.165) is 12.1 Å². The molecular weight excluding hydrogens is 331 g/mol. The van der Waals surface area contributed by atoms with Gasteiger partial charge in [-0.25, -0.2) is 8.42 Å². The lowest BCUT2D eigenvalue weighted by molar-refractivity contribution is -0.138. The van der Waals surface area contributed by atoms with Gasteiger partial charge in [0.15, 0.2) is 15.1 Å². The van der Waals surface area contributed by atoms with Gasteiger partial charge in [-0.3, -0.25) is 9.59 Å². The number of carboxylic acids is 1. The van der Waals surface area contributed by atoms with Crippen molar-refractivity contribution in [3.63, 3.8) is 0 Å². The van der Waals surface area contributed by atoms with Crippen LogP contribution in [0.25, 0.3) is 0 Å². The smallest absolute Gasteiger partial charge is 0.322 e. The number of carbonyl (C=O) groups is 2. The molecule has 0 heterocycles. The summed E-state index contributed by atoms with van der Waals surface area (Å²) in [7, 11) is -4.38. The summed E-state index contributed by atoms with van der Waals surface area (Å²) in [6.45, 7) is 0. The summed E-state index contributed by atoms with van der Waals surface area (Å²) in [5.74, 6) is -2.76. The van der Waals surface area contributed by atoms with E-state index >= 15 is 0 Å². The summed E-state index contributed by atoms with van der Waals surface area (Å²) in [5.41, 5.74) is 10.3. The second-order valence-corrected chi connectivity index (χ2v) is 6.79. The molecule has 0 radical (unpaired) electrons. The van der Waals surface area contributed by atoms with Crippen LogP contribution in [0.3, 0.4) is 0 Å². The third-order valence-electron chi connectivity index (χ3n) is 2.42. The predicted molar refractivity (Wildman–Crippen MR) is 73.3 cm³/mol. The van der Waals surface area contributed by atoms with Gasteiger partial charge in [0.25, 0.3) is 0 Å². The molecule has 0 aromatic heterocycles. The molecule has 5 N–H and O–H groups in total. The van der Waals surface area contributed by atoms with Crippen LogP contribution in [-0.4, -0.2) is 30.7 Å². The first-order valence-electron chi connectivity index (χ1n) is 5.07. The Bertz CT molecular complexity index is 651. The second kappa shape index (κ2) is 5.86. The number of rotatable bonds is 5. The number of hydrogen-bond acceptors (Lipinski definition) is 5. The summed E-state index contributed by atoms with van der Waals surface area (Å²) >= 11 is 11.4. The fraction of sp³-hybridized carbons (Fsp3) is 0.200. The number of carbonyl (C=O) groups excluding carboxylic acids is 1. The molecule has 1 aromatic carbocycles. The van der Waals surface area contributed by atoms with Crippen molar-refractivity contribution >= 4 is 50.6 Å². The molecule has 110 valence electrons. The lowest BCUT2D eigenvalue weighted by Gasteiger charge is -2.13. The van der Waals surface area contributed by atoms with Crippen molar-refractivity contribution in [1.29, 1.82) is 0 Å². The van der Waals surface area contributed by atoms with Crippen molar-refractivity contribution in [2.24, 2.45) is 5.73 Å². The van der Waals surface area contributed by atoms with Gasteiger partial charge in [-0.2, -0.15) is 0 Å². The molecule has 0 saturated heterocycles. The first-order valence-corrected chi connectivity index (χ1v) is 7.37. The number of anilines is 1. The summed E-state index contributed by atoms with van der Waals surface area (Å²) in [4.78, 5) is 21.4. The van der Waals surface area contributed by atoms with Gasteiger partial charge in [-0.05, 0) is 12.1 Å². The molecule has 0 aliphatic heterocycles. The highest BCUT2D eigenvalue weighted by molar-refractivity contribution is 7.92. The number of nitrogens with two attached hydrogens (primary N) is 2. The minimum absolute atomic E-state index is 0.0333. The largest absolute Gasteiger partial charge is 0.480 e. The van der Waals surface area contributed by atoms with Crippen molar-refractivity contribution in [3.05, 3.63) is 22.2 Å². The van der Waals surface area contributed by atoms with Gasteiger partial charge in [-0.15, -0.1) is 0 Å². The molecule has 7 nitrogen and oxygen atoms in total. The van der Waals surface area contributed by atoms with Gasteiger partial charge in [0, 0.05) is 0 Å². The maximum atomic E-state index is 12.2. The highest BCUT2D eigenvalue weighted by Gasteiger charge is 2.36. The van der Waals surface area contributed by atoms with Gasteiger partial charge in [-0.1, -0.05) is 23.2 Å². The van der Waals surface area contributed by atoms with E-state index in [1.807, 2.05) is 0 Å². The topological polar surface area (TPSA) is 141 Å². The molecular formula is C10H10Cl2N2O5S. The van der Waals surface area contributed by atoms with Crippen molar-refractivity contribution in [2.75, 3.05) is 5.73 Å². The van der Waals surface area contributed by atoms with E-state index in [0.29, 0.717) is 0 Å². The molecule has 1 rings (SSSR count).